The van der Waals surface area contributed by atoms with Crippen molar-refractivity contribution in [2.75, 3.05) is 18.6 Å². The van der Waals surface area contributed by atoms with Gasteiger partial charge in [-0.3, -0.25) is 9.97 Å². The van der Waals surface area contributed by atoms with E-state index in [0.29, 0.717) is 5.25 Å². The molecule has 5 heteroatoms. The van der Waals surface area contributed by atoms with Crippen LogP contribution in [0, 0.1) is 0 Å². The molecule has 5 rings (SSSR count). The third-order valence-corrected chi connectivity index (χ3v) is 6.94. The van der Waals surface area contributed by atoms with E-state index in [9.17, 15) is 0 Å². The van der Waals surface area contributed by atoms with Crippen molar-refractivity contribution in [2.45, 2.75) is 23.1 Å². The summed E-state index contributed by atoms with van der Waals surface area (Å²) < 4.78 is 5.45. The maximum Gasteiger partial charge on any atom is 0.119 e. The molecule has 0 saturated heterocycles. The van der Waals surface area contributed by atoms with Crippen molar-refractivity contribution in [1.29, 1.82) is 0 Å². The lowest BCUT2D eigenvalue weighted by Crippen LogP contribution is -2.24. The predicted octanol–water partition coefficient (Wildman–Crippen LogP) is 5.88. The second-order valence-electron chi connectivity index (χ2n) is 7.40. The fourth-order valence-corrected chi connectivity index (χ4v) is 5.34. The van der Waals surface area contributed by atoms with Gasteiger partial charge in [0.25, 0.3) is 0 Å². The third-order valence-electron chi connectivity index (χ3n) is 5.55. The molecule has 0 bridgehead atoms. The van der Waals surface area contributed by atoms with Crippen molar-refractivity contribution in [3.8, 4) is 5.75 Å². The number of para-hydroxylation sites is 2. The lowest BCUT2D eigenvalue weighted by molar-refractivity contribution is 0.414. The van der Waals surface area contributed by atoms with Gasteiger partial charge in [0.1, 0.15) is 5.75 Å². The van der Waals surface area contributed by atoms with Gasteiger partial charge in [0.15, 0.2) is 0 Å². The van der Waals surface area contributed by atoms with Crippen molar-refractivity contribution in [1.82, 2.24) is 9.97 Å². The Bertz CT molecular complexity index is 1170. The Hall–Kier alpha value is -3.05. The van der Waals surface area contributed by atoms with Crippen LogP contribution >= 0.6 is 11.8 Å². The van der Waals surface area contributed by atoms with Crippen LogP contribution in [0.3, 0.4) is 0 Å². The van der Waals surface area contributed by atoms with Crippen molar-refractivity contribution < 1.29 is 4.74 Å². The third kappa shape index (κ3) is 3.73. The highest BCUT2D eigenvalue weighted by Crippen LogP contribution is 2.46. The number of nitrogens with zero attached hydrogens (tertiary/aromatic N) is 3. The summed E-state index contributed by atoms with van der Waals surface area (Å²) in [7, 11) is 1.73. The number of anilines is 1. The van der Waals surface area contributed by atoms with Gasteiger partial charge in [-0.05, 0) is 47.9 Å². The normalized spacial score (nSPS) is 16.2. The number of hydrogen-bond donors (Lipinski definition) is 0. The van der Waals surface area contributed by atoms with Gasteiger partial charge in [-0.1, -0.05) is 36.4 Å². The van der Waals surface area contributed by atoms with Crippen LogP contribution in [0.25, 0.3) is 11.0 Å². The predicted molar refractivity (Wildman–Crippen MR) is 123 cm³/mol. The maximum atomic E-state index is 5.45. The zero-order chi connectivity index (χ0) is 20.3. The van der Waals surface area contributed by atoms with Gasteiger partial charge in [-0.25, -0.2) is 0 Å². The van der Waals surface area contributed by atoms with Crippen molar-refractivity contribution >= 4 is 28.5 Å². The largest absolute Gasteiger partial charge is 0.497 e. The van der Waals surface area contributed by atoms with E-state index in [1.807, 2.05) is 23.9 Å². The Morgan fingerprint density at radius 2 is 1.87 bits per heavy atom. The van der Waals surface area contributed by atoms with Gasteiger partial charge in [-0.15, -0.1) is 11.8 Å². The molecule has 4 nitrogen and oxygen atoms in total. The highest BCUT2D eigenvalue weighted by atomic mass is 32.2. The van der Waals surface area contributed by atoms with Crippen LogP contribution in [-0.2, 0) is 6.54 Å². The van der Waals surface area contributed by atoms with E-state index in [4.69, 9.17) is 4.74 Å². The molecule has 1 aliphatic heterocycles. The average molecular weight is 414 g/mol. The summed E-state index contributed by atoms with van der Waals surface area (Å²) >= 11 is 1.94. The van der Waals surface area contributed by atoms with E-state index < -0.39 is 0 Å². The summed E-state index contributed by atoms with van der Waals surface area (Å²) in [5.41, 5.74) is 5.74. The van der Waals surface area contributed by atoms with Crippen molar-refractivity contribution in [2.24, 2.45) is 0 Å². The van der Waals surface area contributed by atoms with E-state index >= 15 is 0 Å². The summed E-state index contributed by atoms with van der Waals surface area (Å²) in [6.07, 6.45) is 4.59. The Morgan fingerprint density at radius 3 is 2.80 bits per heavy atom. The molecule has 4 aromatic rings. The minimum atomic E-state index is 0.388. The molecule has 150 valence electrons. The molecule has 3 aromatic carbocycles. The Kier molecular flexibility index (Phi) is 5.28. The molecule has 0 spiro atoms. The highest BCUT2D eigenvalue weighted by molar-refractivity contribution is 7.99. The van der Waals surface area contributed by atoms with Gasteiger partial charge >= 0.3 is 0 Å². The Morgan fingerprint density at radius 1 is 1.00 bits per heavy atom. The summed E-state index contributed by atoms with van der Waals surface area (Å²) in [4.78, 5) is 12.9. The number of aromatic nitrogens is 2. The molecular formula is C25H23N3OS. The van der Waals surface area contributed by atoms with Crippen molar-refractivity contribution in [3.63, 3.8) is 0 Å². The van der Waals surface area contributed by atoms with Crippen LogP contribution in [0.2, 0.25) is 0 Å². The van der Waals surface area contributed by atoms with E-state index in [0.717, 1.165) is 36.3 Å². The quantitative estimate of drug-likeness (QED) is 0.418. The first kappa shape index (κ1) is 18.9. The van der Waals surface area contributed by atoms with Gasteiger partial charge in [0.05, 0.1) is 23.8 Å². The van der Waals surface area contributed by atoms with Gasteiger partial charge in [0.2, 0.25) is 0 Å². The molecule has 1 aliphatic rings. The van der Waals surface area contributed by atoms with E-state index in [-0.39, 0.29) is 0 Å². The van der Waals surface area contributed by atoms with Crippen LogP contribution in [0.4, 0.5) is 5.69 Å². The smallest absolute Gasteiger partial charge is 0.119 e. The molecule has 0 radical (unpaired) electrons. The fourth-order valence-electron chi connectivity index (χ4n) is 4.05. The molecule has 0 amide bonds. The van der Waals surface area contributed by atoms with E-state index in [2.05, 4.69) is 69.5 Å². The lowest BCUT2D eigenvalue weighted by atomic mass is 10.1. The summed E-state index contributed by atoms with van der Waals surface area (Å²) in [6, 6.07) is 23.4. The second-order valence-corrected chi connectivity index (χ2v) is 8.65. The first-order valence-electron chi connectivity index (χ1n) is 10.1. The van der Waals surface area contributed by atoms with Crippen LogP contribution in [0.5, 0.6) is 5.75 Å². The highest BCUT2D eigenvalue weighted by Gasteiger charge is 2.24. The molecule has 1 unspecified atom stereocenters. The molecule has 1 atom stereocenters. The average Bonchev–Trinajstić information content (AvgIpc) is 2.99. The van der Waals surface area contributed by atoms with Crippen LogP contribution < -0.4 is 9.64 Å². The number of thioether (sulfide) groups is 1. The molecule has 1 aromatic heterocycles. The monoisotopic (exact) mass is 413 g/mol. The molecule has 2 heterocycles. The van der Waals surface area contributed by atoms with Crippen LogP contribution in [0.15, 0.2) is 84.0 Å². The zero-order valence-electron chi connectivity index (χ0n) is 16.9. The summed E-state index contributed by atoms with van der Waals surface area (Å²) in [6.45, 7) is 1.79. The number of rotatable bonds is 4. The minimum absolute atomic E-state index is 0.388. The summed E-state index contributed by atoms with van der Waals surface area (Å²) in [5.74, 6) is 0.914. The molecule has 30 heavy (non-hydrogen) atoms. The first-order chi connectivity index (χ1) is 14.8. The fraction of sp³-hybridized carbons (Fsp3) is 0.200. The van der Waals surface area contributed by atoms with Gasteiger partial charge in [-0.2, -0.15) is 0 Å². The van der Waals surface area contributed by atoms with Gasteiger partial charge < -0.3 is 9.64 Å². The SMILES string of the molecule is COc1cccc(C2CCN(Cc3cccc4nccnc34)c3ccccc3S2)c1. The Labute approximate surface area is 180 Å². The van der Waals surface area contributed by atoms with Crippen LogP contribution in [-0.4, -0.2) is 23.6 Å². The molecule has 0 saturated carbocycles. The number of benzene rings is 3. The molecule has 0 N–H and O–H groups in total. The number of fused-ring (bicyclic) bond motifs is 2. The number of hydrogen-bond acceptors (Lipinski definition) is 5. The van der Waals surface area contributed by atoms with Crippen molar-refractivity contribution in [3.05, 3.63) is 90.3 Å². The zero-order valence-corrected chi connectivity index (χ0v) is 17.7. The molecule has 0 fully saturated rings. The maximum absolute atomic E-state index is 5.45. The van der Waals surface area contributed by atoms with Crippen LogP contribution in [0.1, 0.15) is 22.8 Å². The second kappa shape index (κ2) is 8.36. The topological polar surface area (TPSA) is 38.2 Å². The Balaban J connectivity index is 1.48. The molecular weight excluding hydrogens is 390 g/mol. The van der Waals surface area contributed by atoms with Gasteiger partial charge in [0, 0.05) is 35.6 Å². The number of ether oxygens (including phenoxy) is 1. The summed E-state index contributed by atoms with van der Waals surface area (Å²) in [5, 5.41) is 0.388. The minimum Gasteiger partial charge on any atom is -0.497 e. The van der Waals surface area contributed by atoms with E-state index in [1.54, 1.807) is 19.5 Å². The van der Waals surface area contributed by atoms with E-state index in [1.165, 1.54) is 21.7 Å². The standard InChI is InChI=1S/C25H23N3OS/c1-29-20-8-4-6-18(16-20)23-12-15-28(22-10-2-3-11-24(22)30-23)17-19-7-5-9-21-25(19)27-14-13-26-21/h2-11,13-14,16,23H,12,15,17H2,1H3. The molecule has 0 aliphatic carbocycles. The first-order valence-corrected chi connectivity index (χ1v) is 11.0. The lowest BCUT2D eigenvalue weighted by Gasteiger charge is -2.25. The number of methoxy groups -OCH3 is 1.